The number of hydrogen-bond acceptors (Lipinski definition) is 4. The van der Waals surface area contributed by atoms with Crippen LogP contribution in [0.15, 0.2) is 12.4 Å². The van der Waals surface area contributed by atoms with Crippen LogP contribution in [-0.4, -0.2) is 68.9 Å². The Hall–Kier alpha value is -1.40. The second-order valence-electron chi connectivity index (χ2n) is 7.73. The number of carbonyl (C=O) groups is 1. The number of carbonyl (C=O) groups excluding carboxylic acids is 1. The Labute approximate surface area is 132 Å². The molecule has 0 radical (unpaired) electrons. The summed E-state index contributed by atoms with van der Waals surface area (Å²) in [5.41, 5.74) is -0.171. The van der Waals surface area contributed by atoms with E-state index in [1.165, 1.54) is 0 Å². The van der Waals surface area contributed by atoms with E-state index in [4.69, 9.17) is 0 Å². The van der Waals surface area contributed by atoms with E-state index in [-0.39, 0.29) is 11.4 Å². The van der Waals surface area contributed by atoms with Gasteiger partial charge in [-0.1, -0.05) is 0 Å². The third kappa shape index (κ3) is 4.30. The molecule has 1 aliphatic rings. The van der Waals surface area contributed by atoms with Crippen molar-refractivity contribution in [3.8, 4) is 0 Å². The van der Waals surface area contributed by atoms with Crippen molar-refractivity contribution in [1.82, 2.24) is 19.6 Å². The number of aliphatic hydroxyl groups is 1. The summed E-state index contributed by atoms with van der Waals surface area (Å²) in [6, 6.07) is 0. The zero-order chi connectivity index (χ0) is 16.5. The van der Waals surface area contributed by atoms with Crippen molar-refractivity contribution >= 4 is 5.91 Å². The summed E-state index contributed by atoms with van der Waals surface area (Å²) in [6.07, 6.45) is 3.47. The topological polar surface area (TPSA) is 61.6 Å². The summed E-state index contributed by atoms with van der Waals surface area (Å²) >= 11 is 0. The van der Waals surface area contributed by atoms with Crippen molar-refractivity contribution < 1.29 is 9.90 Å². The molecule has 0 spiro atoms. The summed E-state index contributed by atoms with van der Waals surface area (Å²) in [4.78, 5) is 16.6. The van der Waals surface area contributed by atoms with E-state index in [0.29, 0.717) is 25.2 Å². The van der Waals surface area contributed by atoms with Crippen molar-refractivity contribution in [1.29, 1.82) is 0 Å². The van der Waals surface area contributed by atoms with Crippen LogP contribution in [-0.2, 0) is 5.54 Å². The molecule has 0 unspecified atom stereocenters. The Morgan fingerprint density at radius 3 is 2.23 bits per heavy atom. The fourth-order valence-electron chi connectivity index (χ4n) is 2.64. The van der Waals surface area contributed by atoms with Crippen LogP contribution in [0.5, 0.6) is 0 Å². The second kappa shape index (κ2) is 6.01. The Morgan fingerprint density at radius 1 is 1.18 bits per heavy atom. The first-order chi connectivity index (χ1) is 10.1. The van der Waals surface area contributed by atoms with Gasteiger partial charge in [0, 0.05) is 38.9 Å². The SMILES string of the molecule is CC(C)(O)CN1CCN(C(=O)c2cnn(C(C)(C)C)c2)CC1. The molecular formula is C16H28N4O2. The number of aromatic nitrogens is 2. The van der Waals surface area contributed by atoms with E-state index in [2.05, 4.69) is 30.8 Å². The van der Waals surface area contributed by atoms with Crippen molar-refractivity contribution in [2.75, 3.05) is 32.7 Å². The summed E-state index contributed by atoms with van der Waals surface area (Å²) in [6.45, 7) is 13.4. The number of hydrogen-bond donors (Lipinski definition) is 1. The Balaban J connectivity index is 1.94. The average molecular weight is 308 g/mol. The van der Waals surface area contributed by atoms with Gasteiger partial charge in [0.05, 0.1) is 22.9 Å². The largest absolute Gasteiger partial charge is 0.389 e. The van der Waals surface area contributed by atoms with Gasteiger partial charge in [0.25, 0.3) is 5.91 Å². The van der Waals surface area contributed by atoms with Gasteiger partial charge < -0.3 is 10.0 Å². The molecule has 1 aromatic rings. The zero-order valence-corrected chi connectivity index (χ0v) is 14.3. The summed E-state index contributed by atoms with van der Waals surface area (Å²) in [7, 11) is 0. The molecule has 1 aliphatic heterocycles. The predicted molar refractivity (Wildman–Crippen MR) is 85.9 cm³/mol. The van der Waals surface area contributed by atoms with E-state index in [0.717, 1.165) is 13.1 Å². The lowest BCUT2D eigenvalue weighted by Gasteiger charge is -2.37. The Morgan fingerprint density at radius 2 is 1.77 bits per heavy atom. The second-order valence-corrected chi connectivity index (χ2v) is 7.73. The van der Waals surface area contributed by atoms with Gasteiger partial charge in [-0.05, 0) is 34.6 Å². The molecule has 1 N–H and O–H groups in total. The van der Waals surface area contributed by atoms with Crippen molar-refractivity contribution in [2.24, 2.45) is 0 Å². The smallest absolute Gasteiger partial charge is 0.257 e. The number of amides is 1. The Kier molecular flexibility index (Phi) is 4.63. The molecule has 1 amide bonds. The van der Waals surface area contributed by atoms with Crippen LogP contribution in [0.2, 0.25) is 0 Å². The molecule has 22 heavy (non-hydrogen) atoms. The van der Waals surface area contributed by atoms with Gasteiger partial charge in [0.15, 0.2) is 0 Å². The molecule has 1 fully saturated rings. The van der Waals surface area contributed by atoms with Crippen molar-refractivity contribution in [2.45, 2.75) is 45.8 Å². The molecule has 6 nitrogen and oxygen atoms in total. The third-order valence-corrected chi connectivity index (χ3v) is 3.79. The van der Waals surface area contributed by atoms with E-state index < -0.39 is 5.60 Å². The molecule has 0 aliphatic carbocycles. The highest BCUT2D eigenvalue weighted by Crippen LogP contribution is 2.15. The molecule has 2 heterocycles. The molecule has 0 bridgehead atoms. The molecule has 1 saturated heterocycles. The van der Waals surface area contributed by atoms with E-state index in [9.17, 15) is 9.90 Å². The lowest BCUT2D eigenvalue weighted by molar-refractivity contribution is 0.0178. The van der Waals surface area contributed by atoms with Crippen LogP contribution in [0, 0.1) is 0 Å². The van der Waals surface area contributed by atoms with Crippen LogP contribution in [0.1, 0.15) is 45.0 Å². The summed E-state index contributed by atoms with van der Waals surface area (Å²) < 4.78 is 1.82. The fraction of sp³-hybridized carbons (Fsp3) is 0.750. The third-order valence-electron chi connectivity index (χ3n) is 3.79. The van der Waals surface area contributed by atoms with Crippen molar-refractivity contribution in [3.63, 3.8) is 0 Å². The molecule has 0 aromatic carbocycles. The van der Waals surface area contributed by atoms with E-state index in [1.807, 2.05) is 29.6 Å². The molecule has 0 atom stereocenters. The van der Waals surface area contributed by atoms with Crippen LogP contribution in [0.3, 0.4) is 0 Å². The maximum atomic E-state index is 12.5. The van der Waals surface area contributed by atoms with Gasteiger partial charge in [0.1, 0.15) is 0 Å². The lowest BCUT2D eigenvalue weighted by Crippen LogP contribution is -2.51. The molecule has 6 heteroatoms. The lowest BCUT2D eigenvalue weighted by atomic mass is 10.1. The predicted octanol–water partition coefficient (Wildman–Crippen LogP) is 1.17. The number of piperazine rings is 1. The molecule has 124 valence electrons. The first kappa shape index (κ1) is 17.0. The molecule has 2 rings (SSSR count). The van der Waals surface area contributed by atoms with Gasteiger partial charge in [-0.15, -0.1) is 0 Å². The highest BCUT2D eigenvalue weighted by Gasteiger charge is 2.26. The first-order valence-corrected chi connectivity index (χ1v) is 7.85. The number of rotatable bonds is 3. The monoisotopic (exact) mass is 308 g/mol. The molecule has 0 saturated carbocycles. The number of nitrogens with zero attached hydrogens (tertiary/aromatic N) is 4. The normalized spacial score (nSPS) is 17.8. The van der Waals surface area contributed by atoms with Crippen LogP contribution in [0.25, 0.3) is 0 Å². The highest BCUT2D eigenvalue weighted by atomic mass is 16.3. The molecular weight excluding hydrogens is 280 g/mol. The maximum Gasteiger partial charge on any atom is 0.257 e. The minimum absolute atomic E-state index is 0.0402. The minimum Gasteiger partial charge on any atom is -0.389 e. The van der Waals surface area contributed by atoms with Gasteiger partial charge in [-0.2, -0.15) is 5.10 Å². The standard InChI is InChI=1S/C16H28N4O2/c1-15(2,3)20-11-13(10-17-20)14(21)19-8-6-18(7-9-19)12-16(4,5)22/h10-11,22H,6-9,12H2,1-5H3. The molecule has 1 aromatic heterocycles. The summed E-state index contributed by atoms with van der Waals surface area (Å²) in [5, 5.41) is 14.2. The number of β-amino-alcohol motifs (C(OH)–C–C–N with tert-alkyl or cyclic N) is 1. The zero-order valence-electron chi connectivity index (χ0n) is 14.3. The highest BCUT2D eigenvalue weighted by molar-refractivity contribution is 5.93. The van der Waals surface area contributed by atoms with Crippen LogP contribution in [0.4, 0.5) is 0 Å². The van der Waals surface area contributed by atoms with E-state index in [1.54, 1.807) is 6.20 Å². The van der Waals surface area contributed by atoms with E-state index >= 15 is 0 Å². The first-order valence-electron chi connectivity index (χ1n) is 7.85. The van der Waals surface area contributed by atoms with Gasteiger partial charge >= 0.3 is 0 Å². The quantitative estimate of drug-likeness (QED) is 0.910. The minimum atomic E-state index is -0.694. The fourth-order valence-corrected chi connectivity index (χ4v) is 2.64. The van der Waals surface area contributed by atoms with Gasteiger partial charge in [-0.3, -0.25) is 14.4 Å². The summed E-state index contributed by atoms with van der Waals surface area (Å²) in [5.74, 6) is 0.0402. The van der Waals surface area contributed by atoms with Crippen LogP contribution < -0.4 is 0 Å². The Bertz CT molecular complexity index is 517. The van der Waals surface area contributed by atoms with Gasteiger partial charge in [-0.25, -0.2) is 0 Å². The maximum absolute atomic E-state index is 12.5. The van der Waals surface area contributed by atoms with Crippen molar-refractivity contribution in [3.05, 3.63) is 18.0 Å². The average Bonchev–Trinajstić information content (AvgIpc) is 2.86. The van der Waals surface area contributed by atoms with Crippen LogP contribution >= 0.6 is 0 Å². The van der Waals surface area contributed by atoms with Gasteiger partial charge in [0.2, 0.25) is 0 Å².